The molecular formula is C18H13BrN6O. The number of hydrogen-bond donors (Lipinski definition) is 3. The Morgan fingerprint density at radius 2 is 1.92 bits per heavy atom. The number of nitrogens with zero attached hydrogens (tertiary/aromatic N) is 3. The Kier molecular flexibility index (Phi) is 4.32. The third kappa shape index (κ3) is 3.40. The molecule has 0 aliphatic heterocycles. The van der Waals surface area contributed by atoms with Crippen LogP contribution in [0.15, 0.2) is 59.5 Å². The molecule has 2 aromatic heterocycles. The van der Waals surface area contributed by atoms with Gasteiger partial charge in [0.05, 0.1) is 11.7 Å². The third-order valence-corrected chi connectivity index (χ3v) is 4.28. The van der Waals surface area contributed by atoms with Crippen LogP contribution < -0.4 is 10.6 Å². The van der Waals surface area contributed by atoms with Crippen molar-refractivity contribution in [3.05, 3.63) is 59.5 Å². The van der Waals surface area contributed by atoms with Crippen molar-refractivity contribution < 1.29 is 4.79 Å². The van der Waals surface area contributed by atoms with Crippen molar-refractivity contribution in [2.24, 2.45) is 0 Å². The van der Waals surface area contributed by atoms with Crippen LogP contribution in [0, 0.1) is 0 Å². The molecule has 8 heteroatoms. The van der Waals surface area contributed by atoms with E-state index in [9.17, 15) is 4.79 Å². The van der Waals surface area contributed by atoms with Crippen molar-refractivity contribution in [1.82, 2.24) is 20.2 Å². The fourth-order valence-corrected chi connectivity index (χ4v) is 3.00. The van der Waals surface area contributed by atoms with E-state index >= 15 is 0 Å². The summed E-state index contributed by atoms with van der Waals surface area (Å²) >= 11 is 3.44. The molecule has 0 unspecified atom stereocenters. The van der Waals surface area contributed by atoms with Gasteiger partial charge in [-0.3, -0.25) is 9.89 Å². The lowest BCUT2D eigenvalue weighted by Crippen LogP contribution is -2.00. The number of H-pyrrole nitrogens is 1. The van der Waals surface area contributed by atoms with Crippen LogP contribution in [0.25, 0.3) is 22.0 Å². The van der Waals surface area contributed by atoms with E-state index in [1.165, 1.54) is 0 Å². The lowest BCUT2D eigenvalue weighted by atomic mass is 10.1. The van der Waals surface area contributed by atoms with Gasteiger partial charge in [-0.15, -0.1) is 0 Å². The van der Waals surface area contributed by atoms with Crippen molar-refractivity contribution >= 4 is 50.6 Å². The van der Waals surface area contributed by atoms with Gasteiger partial charge < -0.3 is 10.6 Å². The normalized spacial score (nSPS) is 10.7. The van der Waals surface area contributed by atoms with Crippen molar-refractivity contribution in [1.29, 1.82) is 0 Å². The maximum atomic E-state index is 10.8. The summed E-state index contributed by atoms with van der Waals surface area (Å²) < 4.78 is 0.978. The van der Waals surface area contributed by atoms with Crippen molar-refractivity contribution in [2.75, 3.05) is 10.6 Å². The van der Waals surface area contributed by atoms with E-state index in [0.717, 1.165) is 32.2 Å². The summed E-state index contributed by atoms with van der Waals surface area (Å²) in [4.78, 5) is 19.7. The zero-order valence-electron chi connectivity index (χ0n) is 13.4. The summed E-state index contributed by atoms with van der Waals surface area (Å²) in [6, 6.07) is 11.4. The minimum atomic E-state index is 0.473. The third-order valence-electron chi connectivity index (χ3n) is 3.79. The highest BCUT2D eigenvalue weighted by Crippen LogP contribution is 2.28. The smallest absolute Gasteiger partial charge is 0.227 e. The van der Waals surface area contributed by atoms with Gasteiger partial charge in [-0.2, -0.15) is 5.10 Å². The van der Waals surface area contributed by atoms with Crippen LogP contribution >= 0.6 is 15.9 Å². The first-order valence-corrected chi connectivity index (χ1v) is 8.54. The summed E-state index contributed by atoms with van der Waals surface area (Å²) in [6.45, 7) is 0. The Morgan fingerprint density at radius 1 is 1.04 bits per heavy atom. The Morgan fingerprint density at radius 3 is 2.73 bits per heavy atom. The monoisotopic (exact) mass is 408 g/mol. The SMILES string of the molecule is O=CNc1cc(Nc2ncc3cc(Br)ccc3n2)cc(-c2cn[nH]c2)c1. The molecule has 0 radical (unpaired) electrons. The largest absolute Gasteiger partial charge is 0.329 e. The zero-order chi connectivity index (χ0) is 17.9. The van der Waals surface area contributed by atoms with Gasteiger partial charge in [-0.1, -0.05) is 15.9 Å². The van der Waals surface area contributed by atoms with E-state index < -0.39 is 0 Å². The van der Waals surface area contributed by atoms with Crippen LogP contribution in [0.5, 0.6) is 0 Å². The molecule has 2 heterocycles. The van der Waals surface area contributed by atoms with Gasteiger partial charge in [-0.05, 0) is 42.0 Å². The molecule has 2 aromatic carbocycles. The molecule has 128 valence electrons. The number of benzene rings is 2. The molecule has 7 nitrogen and oxygen atoms in total. The molecule has 0 atom stereocenters. The standard InChI is InChI=1S/C18H13BrN6O/c19-14-1-2-17-12(3-14)7-20-18(25-17)24-16-5-11(13-8-22-23-9-13)4-15(6-16)21-10-26/h1-10H,(H,21,26)(H,22,23)(H,20,24,25). The summed E-state index contributed by atoms with van der Waals surface area (Å²) in [6.07, 6.45) is 5.91. The van der Waals surface area contributed by atoms with Crippen LogP contribution in [-0.4, -0.2) is 26.6 Å². The first-order chi connectivity index (χ1) is 12.7. The number of anilines is 3. The maximum absolute atomic E-state index is 10.8. The molecule has 0 aliphatic rings. The van der Waals surface area contributed by atoms with Crippen LogP contribution in [0.4, 0.5) is 17.3 Å². The first-order valence-electron chi connectivity index (χ1n) is 7.75. The minimum absolute atomic E-state index is 0.473. The van der Waals surface area contributed by atoms with Crippen molar-refractivity contribution in [3.63, 3.8) is 0 Å². The second-order valence-corrected chi connectivity index (χ2v) is 6.49. The Hall–Kier alpha value is -3.26. The Labute approximate surface area is 157 Å². The second-order valence-electron chi connectivity index (χ2n) is 5.57. The molecule has 26 heavy (non-hydrogen) atoms. The van der Waals surface area contributed by atoms with Crippen LogP contribution in [0.2, 0.25) is 0 Å². The summed E-state index contributed by atoms with van der Waals surface area (Å²) in [5.74, 6) is 0.473. The molecule has 0 saturated carbocycles. The Balaban J connectivity index is 1.70. The van der Waals surface area contributed by atoms with Gasteiger partial charge in [0.1, 0.15) is 0 Å². The zero-order valence-corrected chi connectivity index (χ0v) is 15.0. The van der Waals surface area contributed by atoms with Crippen LogP contribution in [-0.2, 0) is 4.79 Å². The number of aromatic nitrogens is 4. The van der Waals surface area contributed by atoms with Crippen molar-refractivity contribution in [2.45, 2.75) is 0 Å². The molecule has 4 rings (SSSR count). The summed E-state index contributed by atoms with van der Waals surface area (Å²) in [7, 11) is 0. The number of amides is 1. The molecule has 3 N–H and O–H groups in total. The number of hydrogen-bond acceptors (Lipinski definition) is 5. The van der Waals surface area contributed by atoms with Gasteiger partial charge in [0, 0.05) is 39.2 Å². The molecule has 0 aliphatic carbocycles. The van der Waals surface area contributed by atoms with Crippen LogP contribution in [0.1, 0.15) is 0 Å². The average Bonchev–Trinajstić information content (AvgIpc) is 3.17. The number of fused-ring (bicyclic) bond motifs is 1. The predicted molar refractivity (Wildman–Crippen MR) is 104 cm³/mol. The molecular weight excluding hydrogens is 396 g/mol. The lowest BCUT2D eigenvalue weighted by molar-refractivity contribution is -0.105. The van der Waals surface area contributed by atoms with Gasteiger partial charge in [-0.25, -0.2) is 9.97 Å². The first kappa shape index (κ1) is 16.2. The van der Waals surface area contributed by atoms with Crippen molar-refractivity contribution in [3.8, 4) is 11.1 Å². The molecule has 4 aromatic rings. The van der Waals surface area contributed by atoms with E-state index in [0.29, 0.717) is 18.0 Å². The number of rotatable bonds is 5. The highest BCUT2D eigenvalue weighted by atomic mass is 79.9. The van der Waals surface area contributed by atoms with Gasteiger partial charge in [0.25, 0.3) is 0 Å². The quantitative estimate of drug-likeness (QED) is 0.432. The fraction of sp³-hybridized carbons (Fsp3) is 0. The number of aromatic amines is 1. The highest BCUT2D eigenvalue weighted by molar-refractivity contribution is 9.10. The lowest BCUT2D eigenvalue weighted by Gasteiger charge is -2.10. The number of nitrogens with one attached hydrogen (secondary N) is 3. The van der Waals surface area contributed by atoms with Gasteiger partial charge >= 0.3 is 0 Å². The number of carbonyl (C=O) groups is 1. The number of carbonyl (C=O) groups excluding carboxylic acids is 1. The predicted octanol–water partition coefficient (Wildman–Crippen LogP) is 4.09. The minimum Gasteiger partial charge on any atom is -0.329 e. The molecule has 1 amide bonds. The number of halogens is 1. The fourth-order valence-electron chi connectivity index (χ4n) is 2.62. The van der Waals surface area contributed by atoms with E-state index in [2.05, 4.69) is 46.7 Å². The average molecular weight is 409 g/mol. The second kappa shape index (κ2) is 6.93. The maximum Gasteiger partial charge on any atom is 0.227 e. The molecule has 0 fully saturated rings. The van der Waals surface area contributed by atoms with E-state index in [1.54, 1.807) is 18.6 Å². The molecule has 0 spiro atoms. The summed E-state index contributed by atoms with van der Waals surface area (Å²) in [5, 5.41) is 13.6. The van der Waals surface area contributed by atoms with E-state index in [1.807, 2.05) is 36.4 Å². The van der Waals surface area contributed by atoms with Crippen LogP contribution in [0.3, 0.4) is 0 Å². The molecule has 0 saturated heterocycles. The van der Waals surface area contributed by atoms with E-state index in [-0.39, 0.29) is 0 Å². The summed E-state index contributed by atoms with van der Waals surface area (Å²) in [5.41, 5.74) is 4.06. The topological polar surface area (TPSA) is 95.6 Å². The Bertz CT molecular complexity index is 1080. The van der Waals surface area contributed by atoms with Gasteiger partial charge in [0.15, 0.2) is 0 Å². The van der Waals surface area contributed by atoms with E-state index in [4.69, 9.17) is 0 Å². The molecule has 0 bridgehead atoms. The highest BCUT2D eigenvalue weighted by Gasteiger charge is 2.07. The van der Waals surface area contributed by atoms with Gasteiger partial charge in [0.2, 0.25) is 12.4 Å².